The second-order valence-corrected chi connectivity index (χ2v) is 5.33. The summed E-state index contributed by atoms with van der Waals surface area (Å²) in [4.78, 5) is 6.30. The van der Waals surface area contributed by atoms with Crippen LogP contribution in [0.4, 0.5) is 0 Å². The minimum atomic E-state index is 0.689. The van der Waals surface area contributed by atoms with Crippen LogP contribution in [0.1, 0.15) is 9.88 Å². The molecule has 0 fully saturated rings. The molecule has 4 heteroatoms. The molecule has 2 nitrogen and oxygen atoms in total. The maximum atomic E-state index is 9.01. The summed E-state index contributed by atoms with van der Waals surface area (Å²) >= 11 is 3.15. The summed E-state index contributed by atoms with van der Waals surface area (Å²) in [7, 11) is 0. The SMILES string of the molecule is CSc1ccc(-c2nc(C)sc2C#N)cc1. The van der Waals surface area contributed by atoms with E-state index >= 15 is 0 Å². The maximum absolute atomic E-state index is 9.01. The summed E-state index contributed by atoms with van der Waals surface area (Å²) in [5, 5.41) is 9.94. The highest BCUT2D eigenvalue weighted by Gasteiger charge is 2.10. The van der Waals surface area contributed by atoms with Crippen molar-refractivity contribution in [2.45, 2.75) is 11.8 Å². The molecule has 0 spiro atoms. The molecule has 0 aliphatic heterocycles. The van der Waals surface area contributed by atoms with Crippen LogP contribution in [0.3, 0.4) is 0 Å². The van der Waals surface area contributed by atoms with Gasteiger partial charge in [-0.25, -0.2) is 4.98 Å². The van der Waals surface area contributed by atoms with Crippen molar-refractivity contribution >= 4 is 23.1 Å². The van der Waals surface area contributed by atoms with E-state index in [0.717, 1.165) is 16.3 Å². The summed E-state index contributed by atoms with van der Waals surface area (Å²) < 4.78 is 0. The maximum Gasteiger partial charge on any atom is 0.132 e. The molecule has 0 atom stereocenters. The van der Waals surface area contributed by atoms with E-state index < -0.39 is 0 Å². The lowest BCUT2D eigenvalue weighted by Gasteiger charge is -1.99. The van der Waals surface area contributed by atoms with Gasteiger partial charge in [0.1, 0.15) is 10.9 Å². The van der Waals surface area contributed by atoms with Gasteiger partial charge in [0.25, 0.3) is 0 Å². The number of hydrogen-bond acceptors (Lipinski definition) is 4. The van der Waals surface area contributed by atoms with Gasteiger partial charge in [-0.3, -0.25) is 0 Å². The minimum absolute atomic E-state index is 0.689. The summed E-state index contributed by atoms with van der Waals surface area (Å²) in [6.07, 6.45) is 2.04. The Morgan fingerprint density at radius 1 is 1.31 bits per heavy atom. The summed E-state index contributed by atoms with van der Waals surface area (Å²) in [6, 6.07) is 10.3. The molecule has 0 unspecified atom stereocenters. The molecule has 0 bridgehead atoms. The van der Waals surface area contributed by atoms with Gasteiger partial charge in [-0.15, -0.1) is 23.1 Å². The van der Waals surface area contributed by atoms with Crippen LogP contribution < -0.4 is 0 Å². The molecule has 80 valence electrons. The van der Waals surface area contributed by atoms with Gasteiger partial charge in [0, 0.05) is 10.5 Å². The number of nitriles is 1. The molecule has 1 aromatic heterocycles. The second kappa shape index (κ2) is 4.69. The largest absolute Gasteiger partial charge is 0.240 e. The van der Waals surface area contributed by atoms with Crippen molar-refractivity contribution in [3.63, 3.8) is 0 Å². The van der Waals surface area contributed by atoms with Gasteiger partial charge < -0.3 is 0 Å². The number of nitrogens with zero attached hydrogens (tertiary/aromatic N) is 2. The van der Waals surface area contributed by atoms with Gasteiger partial charge >= 0.3 is 0 Å². The predicted octanol–water partition coefficient (Wildman–Crippen LogP) is 3.71. The topological polar surface area (TPSA) is 36.7 Å². The lowest BCUT2D eigenvalue weighted by molar-refractivity contribution is 1.29. The molecule has 0 aliphatic rings. The van der Waals surface area contributed by atoms with Crippen LogP contribution in [-0.4, -0.2) is 11.2 Å². The third-order valence-electron chi connectivity index (χ3n) is 2.20. The first kappa shape index (κ1) is 11.2. The van der Waals surface area contributed by atoms with E-state index in [1.54, 1.807) is 11.8 Å². The lowest BCUT2D eigenvalue weighted by atomic mass is 10.1. The molecule has 16 heavy (non-hydrogen) atoms. The molecule has 0 amide bonds. The Morgan fingerprint density at radius 2 is 2.00 bits per heavy atom. The third-order valence-corrected chi connectivity index (χ3v) is 3.82. The van der Waals surface area contributed by atoms with E-state index in [-0.39, 0.29) is 0 Å². The Bertz CT molecular complexity index is 535. The monoisotopic (exact) mass is 246 g/mol. The number of rotatable bonds is 2. The zero-order valence-electron chi connectivity index (χ0n) is 9.02. The van der Waals surface area contributed by atoms with E-state index in [2.05, 4.69) is 23.2 Å². The van der Waals surface area contributed by atoms with E-state index in [0.29, 0.717) is 4.88 Å². The van der Waals surface area contributed by atoms with Crippen molar-refractivity contribution in [1.29, 1.82) is 5.26 Å². The Morgan fingerprint density at radius 3 is 2.56 bits per heavy atom. The number of aryl methyl sites for hydroxylation is 1. The number of hydrogen-bond donors (Lipinski definition) is 0. The molecule has 2 rings (SSSR count). The van der Waals surface area contributed by atoms with E-state index in [9.17, 15) is 0 Å². The quantitative estimate of drug-likeness (QED) is 0.758. The first-order valence-corrected chi connectivity index (χ1v) is 6.80. The molecule has 0 aliphatic carbocycles. The first-order valence-electron chi connectivity index (χ1n) is 4.76. The first-order chi connectivity index (χ1) is 7.74. The van der Waals surface area contributed by atoms with Crippen molar-refractivity contribution in [3.05, 3.63) is 34.2 Å². The van der Waals surface area contributed by atoms with Gasteiger partial charge in [0.05, 0.1) is 10.7 Å². The molecule has 0 saturated heterocycles. The van der Waals surface area contributed by atoms with Crippen LogP contribution in [0.15, 0.2) is 29.2 Å². The average molecular weight is 246 g/mol. The van der Waals surface area contributed by atoms with E-state index in [1.165, 1.54) is 16.2 Å². The van der Waals surface area contributed by atoms with E-state index in [4.69, 9.17) is 5.26 Å². The van der Waals surface area contributed by atoms with Crippen LogP contribution in [0.5, 0.6) is 0 Å². The fraction of sp³-hybridized carbons (Fsp3) is 0.167. The van der Waals surface area contributed by atoms with Crippen molar-refractivity contribution in [2.75, 3.05) is 6.26 Å². The van der Waals surface area contributed by atoms with Gasteiger partial charge in [-0.05, 0) is 25.3 Å². The fourth-order valence-electron chi connectivity index (χ4n) is 1.45. The van der Waals surface area contributed by atoms with Gasteiger partial charge in [-0.1, -0.05) is 12.1 Å². The normalized spacial score (nSPS) is 10.1. The molecule has 1 aromatic carbocycles. The molecular weight excluding hydrogens is 236 g/mol. The highest BCUT2D eigenvalue weighted by Crippen LogP contribution is 2.28. The molecule has 2 aromatic rings. The minimum Gasteiger partial charge on any atom is -0.240 e. The smallest absolute Gasteiger partial charge is 0.132 e. The van der Waals surface area contributed by atoms with Gasteiger partial charge in [0.2, 0.25) is 0 Å². The van der Waals surface area contributed by atoms with Crippen molar-refractivity contribution in [1.82, 2.24) is 4.98 Å². The number of thiazole rings is 1. The van der Waals surface area contributed by atoms with Crippen molar-refractivity contribution in [3.8, 4) is 17.3 Å². The number of aromatic nitrogens is 1. The van der Waals surface area contributed by atoms with E-state index in [1.807, 2.05) is 25.3 Å². The predicted molar refractivity (Wildman–Crippen MR) is 68.8 cm³/mol. The molecule has 0 radical (unpaired) electrons. The Balaban J connectivity index is 2.46. The summed E-state index contributed by atoms with van der Waals surface area (Å²) in [5.74, 6) is 0. The van der Waals surface area contributed by atoms with Crippen LogP contribution >= 0.6 is 23.1 Å². The second-order valence-electron chi connectivity index (χ2n) is 3.25. The van der Waals surface area contributed by atoms with Crippen LogP contribution in [0, 0.1) is 18.3 Å². The van der Waals surface area contributed by atoms with Gasteiger partial charge in [-0.2, -0.15) is 5.26 Å². The zero-order chi connectivity index (χ0) is 11.5. The molecule has 1 heterocycles. The van der Waals surface area contributed by atoms with Crippen LogP contribution in [-0.2, 0) is 0 Å². The highest BCUT2D eigenvalue weighted by atomic mass is 32.2. The zero-order valence-corrected chi connectivity index (χ0v) is 10.7. The van der Waals surface area contributed by atoms with Crippen molar-refractivity contribution in [2.24, 2.45) is 0 Å². The molecular formula is C12H10N2S2. The number of benzene rings is 1. The summed E-state index contributed by atoms with van der Waals surface area (Å²) in [5.41, 5.74) is 1.82. The summed E-state index contributed by atoms with van der Waals surface area (Å²) in [6.45, 7) is 1.92. The molecule has 0 N–H and O–H groups in total. The van der Waals surface area contributed by atoms with Crippen LogP contribution in [0.25, 0.3) is 11.3 Å². The Kier molecular flexibility index (Phi) is 3.28. The van der Waals surface area contributed by atoms with Crippen molar-refractivity contribution < 1.29 is 0 Å². The average Bonchev–Trinajstić information content (AvgIpc) is 2.70. The lowest BCUT2D eigenvalue weighted by Crippen LogP contribution is -1.81. The standard InChI is InChI=1S/C12H10N2S2/c1-8-14-12(11(7-13)16-8)9-3-5-10(15-2)6-4-9/h3-6H,1-2H3. The fourth-order valence-corrected chi connectivity index (χ4v) is 2.59. The molecule has 0 saturated carbocycles. The highest BCUT2D eigenvalue weighted by molar-refractivity contribution is 7.98. The number of thioether (sulfide) groups is 1. The Hall–Kier alpha value is -1.31. The third kappa shape index (κ3) is 2.11. The van der Waals surface area contributed by atoms with Gasteiger partial charge in [0.15, 0.2) is 0 Å². The van der Waals surface area contributed by atoms with Crippen LogP contribution in [0.2, 0.25) is 0 Å². The Labute approximate surface area is 103 Å².